The molecule has 0 aromatic rings. The molecule has 0 radical (unpaired) electrons. The summed E-state index contributed by atoms with van der Waals surface area (Å²) >= 11 is 0. The van der Waals surface area contributed by atoms with Gasteiger partial charge in [0.15, 0.2) is 0 Å². The van der Waals surface area contributed by atoms with Crippen LogP contribution in [-0.2, 0) is 27.9 Å². The van der Waals surface area contributed by atoms with Crippen LogP contribution in [0.2, 0.25) is 0 Å². The number of likely N-dealkylation sites (N-methyl/N-ethyl adjacent to an activating group) is 1. The van der Waals surface area contributed by atoms with Crippen LogP contribution in [0.15, 0.2) is 109 Å². The lowest BCUT2D eigenvalue weighted by molar-refractivity contribution is -0.870. The molecule has 0 rings (SSSR count). The highest BCUT2D eigenvalue weighted by Gasteiger charge is 2.20. The summed E-state index contributed by atoms with van der Waals surface area (Å²) in [4.78, 5) is 24.9. The Bertz CT molecular complexity index is 1240. The minimum absolute atomic E-state index is 0.00124. The summed E-state index contributed by atoms with van der Waals surface area (Å²) in [6.07, 6.45) is 52.8. The van der Waals surface area contributed by atoms with Gasteiger partial charge in [-0.2, -0.15) is 0 Å². The number of allylic oxidation sites excluding steroid dienone is 17. The fourth-order valence-corrected chi connectivity index (χ4v) is 5.46. The van der Waals surface area contributed by atoms with Gasteiger partial charge in [0.2, 0.25) is 0 Å². The predicted molar refractivity (Wildman–Crippen MR) is 231 cm³/mol. The Hall–Kier alpha value is -2.84. The first-order chi connectivity index (χ1) is 26.6. The van der Waals surface area contributed by atoms with Crippen molar-refractivity contribution in [1.82, 2.24) is 0 Å². The molecule has 0 bridgehead atoms. The third-order valence-electron chi connectivity index (χ3n) is 7.85. The lowest BCUT2D eigenvalue weighted by Gasteiger charge is -2.28. The summed E-state index contributed by atoms with van der Waals surface area (Å²) in [5, 5.41) is 0. The molecule has 0 amide bonds. The van der Waals surface area contributed by atoms with E-state index in [1.807, 2.05) is 27.2 Å². The van der Waals surface area contributed by atoms with E-state index in [1.165, 1.54) is 0 Å². The van der Waals surface area contributed by atoms with E-state index in [4.69, 9.17) is 18.5 Å². The maximum Gasteiger partial charge on any atom is 0.310 e. The van der Waals surface area contributed by atoms with Gasteiger partial charge in [0.05, 0.1) is 40.8 Å². The number of esters is 1. The summed E-state index contributed by atoms with van der Waals surface area (Å²) in [5.41, 5.74) is 0. The Kier molecular flexibility index (Phi) is 36.1. The second kappa shape index (κ2) is 38.1. The van der Waals surface area contributed by atoms with E-state index in [0.29, 0.717) is 24.1 Å². The molecule has 55 heavy (non-hydrogen) atoms. The topological polar surface area (TPSA) is 94.1 Å². The molecule has 0 aromatic heterocycles. The van der Waals surface area contributed by atoms with E-state index in [0.717, 1.165) is 89.9 Å². The zero-order valence-electron chi connectivity index (χ0n) is 35.1. The molecule has 0 heterocycles. The number of hydrogen-bond acceptors (Lipinski definition) is 7. The first-order valence-corrected chi connectivity index (χ1v) is 22.1. The van der Waals surface area contributed by atoms with Gasteiger partial charge in [-0.1, -0.05) is 142 Å². The van der Waals surface area contributed by atoms with E-state index < -0.39 is 19.9 Å². The van der Waals surface area contributed by atoms with E-state index in [9.17, 15) is 14.3 Å². The third kappa shape index (κ3) is 42.1. The van der Waals surface area contributed by atoms with Crippen LogP contribution in [0, 0.1) is 0 Å². The third-order valence-corrected chi connectivity index (χ3v) is 8.82. The molecule has 0 N–H and O–H groups in total. The summed E-state index contributed by atoms with van der Waals surface area (Å²) in [5.74, 6) is -0.474. The molecule has 9 heteroatoms. The SMILES string of the molecule is CC/C=C\C/C=C\C/C=C\C/C=C\C/C=C\CC(=O)OC(COCCCCCCC/C=C\C/C=C\C/C=C\C/C=C\CC)COP(=O)([O-])OCC[N+](C)(C)C. The first-order valence-electron chi connectivity index (χ1n) is 20.6. The molecule has 0 spiro atoms. The summed E-state index contributed by atoms with van der Waals surface area (Å²) < 4.78 is 34.4. The highest BCUT2D eigenvalue weighted by molar-refractivity contribution is 7.45. The van der Waals surface area contributed by atoms with Crippen molar-refractivity contribution in [3.05, 3.63) is 109 Å². The van der Waals surface area contributed by atoms with Crippen molar-refractivity contribution in [1.29, 1.82) is 0 Å². The minimum Gasteiger partial charge on any atom is -0.756 e. The molecule has 0 aliphatic carbocycles. The Labute approximate surface area is 336 Å². The fraction of sp³-hybridized carbons (Fsp3) is 0.587. The molecule has 0 aliphatic heterocycles. The highest BCUT2D eigenvalue weighted by Crippen LogP contribution is 2.38. The number of phosphoric acid groups is 1. The smallest absolute Gasteiger partial charge is 0.310 e. The average Bonchev–Trinajstić information content (AvgIpc) is 3.13. The molecule has 8 nitrogen and oxygen atoms in total. The maximum atomic E-state index is 12.6. The number of hydrogen-bond donors (Lipinski definition) is 0. The molecule has 312 valence electrons. The van der Waals surface area contributed by atoms with E-state index in [-0.39, 0.29) is 26.2 Å². The van der Waals surface area contributed by atoms with Crippen molar-refractivity contribution in [2.45, 2.75) is 123 Å². The standard InChI is InChI=1S/C46H76NO7P/c1-6-8-10-12-14-16-18-20-22-23-24-26-28-30-32-34-36-38-41-51-43-45(44-53-55(49,50)52-42-40-47(3,4)5)54-46(48)39-37-35-33-31-29-27-25-21-19-17-15-13-11-9-7-2/h8-11,14-17,20-22,24-26,29,31,35,37,45H,6-7,12-13,18-19,23,27-28,30,32-34,36,38-44H2,1-5H3/b10-8-,11-9-,16-14-,17-15-,22-20-,25-21-,26-24-,31-29-,37-35-. The van der Waals surface area contributed by atoms with Gasteiger partial charge < -0.3 is 27.9 Å². The number of quaternary nitrogens is 1. The lowest BCUT2D eigenvalue weighted by Crippen LogP contribution is -2.37. The van der Waals surface area contributed by atoms with Gasteiger partial charge >= 0.3 is 5.97 Å². The normalized spacial score (nSPS) is 14.9. The minimum atomic E-state index is -4.56. The van der Waals surface area contributed by atoms with E-state index in [1.54, 1.807) is 6.08 Å². The van der Waals surface area contributed by atoms with Gasteiger partial charge in [-0.25, -0.2) is 0 Å². The molecule has 0 aliphatic rings. The molecular weight excluding hydrogens is 709 g/mol. The average molecular weight is 786 g/mol. The van der Waals surface area contributed by atoms with E-state index >= 15 is 0 Å². The van der Waals surface area contributed by atoms with Gasteiger partial charge in [-0.15, -0.1) is 0 Å². The number of unbranched alkanes of at least 4 members (excludes halogenated alkanes) is 5. The zero-order chi connectivity index (χ0) is 40.6. The van der Waals surface area contributed by atoms with Crippen LogP contribution in [-0.4, -0.2) is 70.7 Å². The number of nitrogens with zero attached hydrogens (tertiary/aromatic N) is 1. The van der Waals surface area contributed by atoms with Crippen molar-refractivity contribution in [2.24, 2.45) is 0 Å². The van der Waals surface area contributed by atoms with Crippen LogP contribution >= 0.6 is 7.82 Å². The molecule has 2 atom stereocenters. The molecule has 0 saturated carbocycles. The Morgan fingerprint density at radius 1 is 0.564 bits per heavy atom. The fourth-order valence-electron chi connectivity index (χ4n) is 4.73. The highest BCUT2D eigenvalue weighted by atomic mass is 31.2. The van der Waals surface area contributed by atoms with Crippen LogP contribution in [0.1, 0.15) is 117 Å². The maximum absolute atomic E-state index is 12.6. The van der Waals surface area contributed by atoms with Gasteiger partial charge in [-0.3, -0.25) is 9.36 Å². The van der Waals surface area contributed by atoms with Crippen molar-refractivity contribution in [2.75, 3.05) is 54.1 Å². The summed E-state index contributed by atoms with van der Waals surface area (Å²) in [6.45, 7) is 4.95. The molecule has 0 aromatic carbocycles. The monoisotopic (exact) mass is 786 g/mol. The number of rotatable bonds is 36. The first kappa shape index (κ1) is 52.2. The van der Waals surface area contributed by atoms with Crippen LogP contribution in [0.25, 0.3) is 0 Å². The van der Waals surface area contributed by atoms with Crippen molar-refractivity contribution >= 4 is 13.8 Å². The quantitative estimate of drug-likeness (QED) is 0.0205. The molecule has 0 fully saturated rings. The number of phosphoric ester groups is 1. The summed E-state index contributed by atoms with van der Waals surface area (Å²) in [6, 6.07) is 0. The van der Waals surface area contributed by atoms with Gasteiger partial charge in [0, 0.05) is 6.61 Å². The second-order valence-corrected chi connectivity index (χ2v) is 15.7. The Morgan fingerprint density at radius 2 is 1.00 bits per heavy atom. The zero-order valence-corrected chi connectivity index (χ0v) is 36.0. The van der Waals surface area contributed by atoms with Crippen molar-refractivity contribution in [3.63, 3.8) is 0 Å². The van der Waals surface area contributed by atoms with Gasteiger partial charge in [-0.05, 0) is 77.0 Å². The van der Waals surface area contributed by atoms with Crippen LogP contribution in [0.5, 0.6) is 0 Å². The number of ether oxygens (including phenoxy) is 2. The lowest BCUT2D eigenvalue weighted by atomic mass is 10.1. The number of carbonyl (C=O) groups is 1. The molecule has 0 saturated heterocycles. The largest absolute Gasteiger partial charge is 0.756 e. The Balaban J connectivity index is 4.46. The van der Waals surface area contributed by atoms with Gasteiger partial charge in [0.1, 0.15) is 19.3 Å². The van der Waals surface area contributed by atoms with Crippen LogP contribution < -0.4 is 4.89 Å². The van der Waals surface area contributed by atoms with E-state index in [2.05, 4.69) is 111 Å². The van der Waals surface area contributed by atoms with Crippen molar-refractivity contribution in [3.8, 4) is 0 Å². The van der Waals surface area contributed by atoms with Crippen LogP contribution in [0.4, 0.5) is 0 Å². The van der Waals surface area contributed by atoms with Crippen molar-refractivity contribution < 1.29 is 37.3 Å². The molecular formula is C46H76NO7P. The summed E-state index contributed by atoms with van der Waals surface area (Å²) in [7, 11) is 1.26. The van der Waals surface area contributed by atoms with Crippen LogP contribution in [0.3, 0.4) is 0 Å². The Morgan fingerprint density at radius 3 is 1.49 bits per heavy atom. The number of carbonyl (C=O) groups excluding carboxylic acids is 1. The second-order valence-electron chi connectivity index (χ2n) is 14.2. The molecule has 2 unspecified atom stereocenters. The predicted octanol–water partition coefficient (Wildman–Crippen LogP) is 11.4. The van der Waals surface area contributed by atoms with Gasteiger partial charge in [0.25, 0.3) is 7.82 Å².